The van der Waals surface area contributed by atoms with Crippen molar-refractivity contribution in [3.63, 3.8) is 0 Å². The molecule has 0 saturated heterocycles. The molecule has 2 amide bonds. The fourth-order valence-electron chi connectivity index (χ4n) is 3.00. The lowest BCUT2D eigenvalue weighted by atomic mass is 10.1. The van der Waals surface area contributed by atoms with Crippen LogP contribution in [0.2, 0.25) is 0 Å². The number of amides is 2. The molecule has 3 heterocycles. The second-order valence-electron chi connectivity index (χ2n) is 7.32. The normalized spacial score (nSPS) is 11.8. The van der Waals surface area contributed by atoms with Crippen LogP contribution in [0.1, 0.15) is 19.9 Å². The smallest absolute Gasteiger partial charge is 0.329 e. The first-order valence-electron chi connectivity index (χ1n) is 9.68. The zero-order valence-electron chi connectivity index (χ0n) is 17.1. The van der Waals surface area contributed by atoms with Crippen molar-refractivity contribution in [2.24, 2.45) is 0 Å². The third-order valence-corrected chi connectivity index (χ3v) is 4.53. The maximum absolute atomic E-state index is 12.3. The summed E-state index contributed by atoms with van der Waals surface area (Å²) in [5.74, 6) is 0.488. The van der Waals surface area contributed by atoms with E-state index in [1.54, 1.807) is 29.7 Å². The highest BCUT2D eigenvalue weighted by molar-refractivity contribution is 5.90. The molecule has 0 unspecified atom stereocenters. The molecule has 0 saturated carbocycles. The van der Waals surface area contributed by atoms with Crippen LogP contribution in [-0.2, 0) is 0 Å². The van der Waals surface area contributed by atoms with E-state index in [1.807, 2.05) is 42.6 Å². The lowest BCUT2D eigenvalue weighted by Crippen LogP contribution is -2.36. The van der Waals surface area contributed by atoms with Crippen molar-refractivity contribution in [1.29, 1.82) is 0 Å². The second kappa shape index (κ2) is 8.29. The number of anilines is 1. The highest BCUT2D eigenvalue weighted by Crippen LogP contribution is 2.26. The van der Waals surface area contributed by atoms with Crippen LogP contribution in [0.5, 0.6) is 0 Å². The van der Waals surface area contributed by atoms with Crippen LogP contribution in [0, 0.1) is 0 Å². The molecule has 0 fully saturated rings. The number of tetrazole rings is 1. The van der Waals surface area contributed by atoms with Crippen LogP contribution in [0.25, 0.3) is 28.3 Å². The number of pyridine rings is 1. The van der Waals surface area contributed by atoms with E-state index >= 15 is 0 Å². The average Bonchev–Trinajstić information content (AvgIpc) is 3.39. The standard InChI is InChI=1S/C20H19F3N8O/c1-12(2)31-28-18(27-29-31)14-6-7-30-16(10-24-17(30)9-14)13-4-3-5-15(8-13)26-19(32)25-11-20(21,22)23/h3-10,12H,11H2,1-2H3,(H2,25,26,32). The fraction of sp³-hybridized carbons (Fsp3) is 0.250. The Labute approximate surface area is 180 Å². The van der Waals surface area contributed by atoms with Crippen molar-refractivity contribution < 1.29 is 18.0 Å². The molecule has 1 aromatic carbocycles. The van der Waals surface area contributed by atoms with Gasteiger partial charge in [-0.1, -0.05) is 12.1 Å². The average molecular weight is 444 g/mol. The van der Waals surface area contributed by atoms with Crippen LogP contribution < -0.4 is 10.6 Å². The molecule has 9 nitrogen and oxygen atoms in total. The minimum absolute atomic E-state index is 0.0921. The monoisotopic (exact) mass is 444 g/mol. The zero-order valence-corrected chi connectivity index (χ0v) is 17.1. The summed E-state index contributed by atoms with van der Waals surface area (Å²) < 4.78 is 38.6. The number of halogens is 3. The quantitative estimate of drug-likeness (QED) is 0.486. The number of benzene rings is 1. The number of carbonyl (C=O) groups is 1. The van der Waals surface area contributed by atoms with Gasteiger partial charge in [-0.2, -0.15) is 18.0 Å². The summed E-state index contributed by atoms with van der Waals surface area (Å²) in [6, 6.07) is 9.56. The van der Waals surface area contributed by atoms with Crippen LogP contribution in [0.4, 0.5) is 23.7 Å². The van der Waals surface area contributed by atoms with Gasteiger partial charge in [-0.15, -0.1) is 10.2 Å². The Bertz CT molecular complexity index is 1260. The van der Waals surface area contributed by atoms with Crippen molar-refractivity contribution in [3.8, 4) is 22.6 Å². The molecule has 32 heavy (non-hydrogen) atoms. The van der Waals surface area contributed by atoms with Crippen molar-refractivity contribution in [2.45, 2.75) is 26.1 Å². The Morgan fingerprint density at radius 1 is 1.16 bits per heavy atom. The molecule has 2 N–H and O–H groups in total. The van der Waals surface area contributed by atoms with E-state index in [9.17, 15) is 18.0 Å². The number of fused-ring (bicyclic) bond motifs is 1. The molecule has 4 aromatic rings. The summed E-state index contributed by atoms with van der Waals surface area (Å²) in [6.07, 6.45) is -0.993. The maximum Gasteiger partial charge on any atom is 0.405 e. The molecule has 0 atom stereocenters. The van der Waals surface area contributed by atoms with Crippen molar-refractivity contribution in [2.75, 3.05) is 11.9 Å². The topological polar surface area (TPSA) is 102 Å². The number of nitrogens with zero attached hydrogens (tertiary/aromatic N) is 6. The van der Waals surface area contributed by atoms with Gasteiger partial charge < -0.3 is 10.6 Å². The number of urea groups is 1. The Morgan fingerprint density at radius 2 is 1.97 bits per heavy atom. The minimum Gasteiger partial charge on any atom is -0.329 e. The van der Waals surface area contributed by atoms with Crippen molar-refractivity contribution >= 4 is 17.4 Å². The molecule has 3 aromatic heterocycles. The number of imidazole rings is 1. The van der Waals surface area contributed by atoms with Gasteiger partial charge in [0.1, 0.15) is 12.2 Å². The number of rotatable bonds is 5. The number of hydrogen-bond acceptors (Lipinski definition) is 5. The first-order valence-corrected chi connectivity index (χ1v) is 9.68. The summed E-state index contributed by atoms with van der Waals surface area (Å²) in [5.41, 5.74) is 3.23. The molecule has 12 heteroatoms. The second-order valence-corrected chi connectivity index (χ2v) is 7.32. The van der Waals surface area contributed by atoms with Gasteiger partial charge >= 0.3 is 12.2 Å². The number of hydrogen-bond donors (Lipinski definition) is 2. The highest BCUT2D eigenvalue weighted by atomic mass is 19.4. The van der Waals surface area contributed by atoms with Gasteiger partial charge in [0.25, 0.3) is 0 Å². The van der Waals surface area contributed by atoms with Crippen molar-refractivity contribution in [3.05, 3.63) is 48.8 Å². The molecular formula is C20H19F3N8O. The summed E-state index contributed by atoms with van der Waals surface area (Å²) in [6.45, 7) is 2.50. The zero-order chi connectivity index (χ0) is 22.9. The Balaban J connectivity index is 1.56. The lowest BCUT2D eigenvalue weighted by Gasteiger charge is -2.10. The van der Waals surface area contributed by atoms with E-state index in [0.29, 0.717) is 17.2 Å². The van der Waals surface area contributed by atoms with Gasteiger partial charge in [0.15, 0.2) is 0 Å². The molecule has 0 bridgehead atoms. The fourth-order valence-corrected chi connectivity index (χ4v) is 3.00. The third kappa shape index (κ3) is 4.68. The van der Waals surface area contributed by atoms with Gasteiger partial charge in [-0.05, 0) is 43.3 Å². The van der Waals surface area contributed by atoms with Gasteiger partial charge in [-0.25, -0.2) is 9.78 Å². The van der Waals surface area contributed by atoms with E-state index in [-0.39, 0.29) is 6.04 Å². The van der Waals surface area contributed by atoms with E-state index in [4.69, 9.17) is 0 Å². The Hall–Kier alpha value is -3.96. The van der Waals surface area contributed by atoms with Gasteiger partial charge in [0, 0.05) is 23.0 Å². The molecule has 4 rings (SSSR count). The van der Waals surface area contributed by atoms with Crippen LogP contribution in [0.15, 0.2) is 48.8 Å². The molecular weight excluding hydrogens is 425 g/mol. The lowest BCUT2D eigenvalue weighted by molar-refractivity contribution is -0.122. The molecule has 0 aliphatic carbocycles. The third-order valence-electron chi connectivity index (χ3n) is 4.53. The minimum atomic E-state index is -4.48. The van der Waals surface area contributed by atoms with Crippen molar-refractivity contribution in [1.82, 2.24) is 34.9 Å². The number of alkyl halides is 3. The number of carbonyl (C=O) groups excluding carboxylic acids is 1. The number of nitrogens with one attached hydrogen (secondary N) is 2. The predicted octanol–water partition coefficient (Wildman–Crippen LogP) is 3.92. The van der Waals surface area contributed by atoms with Gasteiger partial charge in [0.2, 0.25) is 5.82 Å². The van der Waals surface area contributed by atoms with Crippen LogP contribution in [0.3, 0.4) is 0 Å². The van der Waals surface area contributed by atoms with E-state index < -0.39 is 18.8 Å². The molecule has 0 spiro atoms. The van der Waals surface area contributed by atoms with Gasteiger partial charge in [-0.3, -0.25) is 4.40 Å². The Morgan fingerprint density at radius 3 is 2.69 bits per heavy atom. The van der Waals surface area contributed by atoms with E-state index in [1.165, 1.54) is 4.80 Å². The van der Waals surface area contributed by atoms with Gasteiger partial charge in [0.05, 0.1) is 17.9 Å². The summed E-state index contributed by atoms with van der Waals surface area (Å²) in [4.78, 5) is 17.7. The molecule has 0 aliphatic rings. The highest BCUT2D eigenvalue weighted by Gasteiger charge is 2.27. The van der Waals surface area contributed by atoms with Crippen LogP contribution in [-0.4, -0.2) is 48.3 Å². The molecule has 166 valence electrons. The Kier molecular flexibility index (Phi) is 5.51. The van der Waals surface area contributed by atoms with E-state index in [0.717, 1.165) is 16.8 Å². The predicted molar refractivity (Wildman–Crippen MR) is 111 cm³/mol. The van der Waals surface area contributed by atoms with E-state index in [2.05, 4.69) is 25.7 Å². The molecule has 0 aliphatic heterocycles. The largest absolute Gasteiger partial charge is 0.405 e. The maximum atomic E-state index is 12.3. The summed E-state index contributed by atoms with van der Waals surface area (Å²) in [7, 11) is 0. The SMILES string of the molecule is CC(C)n1nnc(-c2ccn3c(-c4cccc(NC(=O)NCC(F)(F)F)c4)cnc3c2)n1. The number of aromatic nitrogens is 6. The summed E-state index contributed by atoms with van der Waals surface area (Å²) >= 11 is 0. The van der Waals surface area contributed by atoms with Crippen LogP contribution >= 0.6 is 0 Å². The first kappa shape index (κ1) is 21.3. The summed E-state index contributed by atoms with van der Waals surface area (Å²) in [5, 5.41) is 16.6. The molecule has 0 radical (unpaired) electrons. The first-order chi connectivity index (χ1) is 15.2.